The molecule has 0 fully saturated rings. The summed E-state index contributed by atoms with van der Waals surface area (Å²) < 4.78 is 28.2. The summed E-state index contributed by atoms with van der Waals surface area (Å²) in [5, 5.41) is 2.82. The third-order valence-corrected chi connectivity index (χ3v) is 5.79. The molecule has 0 saturated heterocycles. The summed E-state index contributed by atoms with van der Waals surface area (Å²) in [5.74, 6) is -0.351. The van der Waals surface area contributed by atoms with E-state index in [4.69, 9.17) is 0 Å². The predicted octanol–water partition coefficient (Wildman–Crippen LogP) is 4.66. The lowest BCUT2D eigenvalue weighted by Crippen LogP contribution is -2.17. The molecule has 3 aromatic carbocycles. The van der Waals surface area contributed by atoms with Crippen LogP contribution in [0.5, 0.6) is 0 Å². The first-order valence-corrected chi connectivity index (χ1v) is 10.3. The zero-order valence-electron chi connectivity index (χ0n) is 16.0. The Bertz CT molecular complexity index is 1140. The number of amides is 1. The van der Waals surface area contributed by atoms with Gasteiger partial charge in [-0.1, -0.05) is 36.4 Å². The van der Waals surface area contributed by atoms with Crippen LogP contribution >= 0.6 is 0 Å². The number of carbonyl (C=O) groups is 1. The second-order valence-electron chi connectivity index (χ2n) is 6.72. The van der Waals surface area contributed by atoms with Crippen LogP contribution in [-0.2, 0) is 10.0 Å². The summed E-state index contributed by atoms with van der Waals surface area (Å²) in [4.78, 5) is 12.7. The van der Waals surface area contributed by atoms with E-state index < -0.39 is 10.0 Å². The monoisotopic (exact) mass is 394 g/mol. The number of carbonyl (C=O) groups excluding carboxylic acids is 1. The lowest BCUT2D eigenvalue weighted by molar-refractivity contribution is 0.102. The average Bonchev–Trinajstić information content (AvgIpc) is 2.63. The van der Waals surface area contributed by atoms with Crippen molar-refractivity contribution in [3.05, 3.63) is 89.0 Å². The summed E-state index contributed by atoms with van der Waals surface area (Å²) in [6.45, 7) is 5.54. The number of anilines is 2. The third-order valence-electron chi connectivity index (χ3n) is 4.43. The molecule has 0 unspecified atom stereocenters. The quantitative estimate of drug-likeness (QED) is 0.661. The van der Waals surface area contributed by atoms with Crippen molar-refractivity contribution < 1.29 is 13.2 Å². The molecule has 5 nitrogen and oxygen atoms in total. The molecular weight excluding hydrogens is 372 g/mol. The molecule has 0 aliphatic rings. The van der Waals surface area contributed by atoms with Gasteiger partial charge < -0.3 is 5.32 Å². The largest absolute Gasteiger partial charge is 0.322 e. The van der Waals surface area contributed by atoms with E-state index in [1.807, 2.05) is 44.2 Å². The van der Waals surface area contributed by atoms with E-state index in [9.17, 15) is 13.2 Å². The zero-order chi connectivity index (χ0) is 20.3. The van der Waals surface area contributed by atoms with Crippen molar-refractivity contribution in [2.24, 2.45) is 0 Å². The maximum Gasteiger partial charge on any atom is 0.261 e. The van der Waals surface area contributed by atoms with E-state index in [1.165, 1.54) is 12.1 Å². The third kappa shape index (κ3) is 4.40. The highest BCUT2D eigenvalue weighted by molar-refractivity contribution is 7.92. The molecule has 6 heteroatoms. The van der Waals surface area contributed by atoms with Gasteiger partial charge in [0.05, 0.1) is 10.6 Å². The Labute approximate surface area is 165 Å². The molecule has 0 atom stereocenters. The Morgan fingerprint density at radius 1 is 0.821 bits per heavy atom. The fourth-order valence-electron chi connectivity index (χ4n) is 2.83. The first-order chi connectivity index (χ1) is 13.3. The minimum absolute atomic E-state index is 0.0377. The van der Waals surface area contributed by atoms with E-state index in [0.717, 1.165) is 11.1 Å². The average molecular weight is 394 g/mol. The number of hydrogen-bond donors (Lipinski definition) is 2. The molecule has 0 saturated carbocycles. The van der Waals surface area contributed by atoms with Gasteiger partial charge in [-0.05, 0) is 67.8 Å². The number of aryl methyl sites for hydroxylation is 3. The molecule has 144 valence electrons. The van der Waals surface area contributed by atoms with Gasteiger partial charge in [0.25, 0.3) is 15.9 Å². The Hall–Kier alpha value is -3.12. The van der Waals surface area contributed by atoms with Crippen molar-refractivity contribution >= 4 is 27.3 Å². The van der Waals surface area contributed by atoms with Crippen molar-refractivity contribution in [3.8, 4) is 0 Å². The van der Waals surface area contributed by atoms with E-state index in [1.54, 1.807) is 31.2 Å². The Morgan fingerprint density at radius 3 is 2.29 bits per heavy atom. The summed E-state index contributed by atoms with van der Waals surface area (Å²) in [6.07, 6.45) is 0. The maximum atomic E-state index is 12.8. The molecule has 0 aromatic heterocycles. The van der Waals surface area contributed by atoms with Crippen molar-refractivity contribution in [1.82, 2.24) is 0 Å². The second kappa shape index (κ2) is 7.86. The lowest BCUT2D eigenvalue weighted by atomic mass is 10.1. The molecular formula is C22H22N2O3S. The molecule has 3 rings (SSSR count). The van der Waals surface area contributed by atoms with Crippen LogP contribution in [0.2, 0.25) is 0 Å². The van der Waals surface area contributed by atoms with Crippen molar-refractivity contribution in [2.45, 2.75) is 25.7 Å². The van der Waals surface area contributed by atoms with Crippen LogP contribution in [-0.4, -0.2) is 14.3 Å². The summed E-state index contributed by atoms with van der Waals surface area (Å²) in [7, 11) is -3.82. The fourth-order valence-corrected chi connectivity index (χ4v) is 3.98. The molecule has 0 aliphatic carbocycles. The Balaban J connectivity index is 1.90. The number of benzene rings is 3. The predicted molar refractivity (Wildman–Crippen MR) is 112 cm³/mol. The Morgan fingerprint density at radius 2 is 1.57 bits per heavy atom. The highest BCUT2D eigenvalue weighted by Gasteiger charge is 2.19. The number of rotatable bonds is 5. The van der Waals surface area contributed by atoms with Gasteiger partial charge >= 0.3 is 0 Å². The second-order valence-corrected chi connectivity index (χ2v) is 8.40. The SMILES string of the molecule is Cc1cccc(NC(=O)c2cc(S(=O)(=O)Nc3ccccc3C)ccc2C)c1. The summed E-state index contributed by atoms with van der Waals surface area (Å²) >= 11 is 0. The van der Waals surface area contributed by atoms with Gasteiger partial charge in [0.2, 0.25) is 0 Å². The molecule has 0 bridgehead atoms. The minimum Gasteiger partial charge on any atom is -0.322 e. The molecule has 0 heterocycles. The van der Waals surface area contributed by atoms with Crippen LogP contribution < -0.4 is 10.0 Å². The number of nitrogens with one attached hydrogen (secondary N) is 2. The van der Waals surface area contributed by atoms with E-state index in [2.05, 4.69) is 10.0 Å². The van der Waals surface area contributed by atoms with Gasteiger partial charge in [0.15, 0.2) is 0 Å². The summed E-state index contributed by atoms with van der Waals surface area (Å²) in [5.41, 5.74) is 4.02. The van der Waals surface area contributed by atoms with Crippen LogP contribution in [0.4, 0.5) is 11.4 Å². The van der Waals surface area contributed by atoms with Gasteiger partial charge in [0.1, 0.15) is 0 Å². The van der Waals surface area contributed by atoms with E-state index in [0.29, 0.717) is 22.5 Å². The lowest BCUT2D eigenvalue weighted by Gasteiger charge is -2.13. The minimum atomic E-state index is -3.82. The van der Waals surface area contributed by atoms with Crippen LogP contribution in [0.15, 0.2) is 71.6 Å². The van der Waals surface area contributed by atoms with Crippen LogP contribution in [0, 0.1) is 20.8 Å². The molecule has 2 N–H and O–H groups in total. The maximum absolute atomic E-state index is 12.8. The van der Waals surface area contributed by atoms with Gasteiger partial charge in [-0.3, -0.25) is 9.52 Å². The van der Waals surface area contributed by atoms with Crippen LogP contribution in [0.3, 0.4) is 0 Å². The highest BCUT2D eigenvalue weighted by atomic mass is 32.2. The first kappa shape index (κ1) is 19.6. The Kier molecular flexibility index (Phi) is 5.51. The zero-order valence-corrected chi connectivity index (χ0v) is 16.8. The van der Waals surface area contributed by atoms with Gasteiger partial charge in [-0.15, -0.1) is 0 Å². The van der Waals surface area contributed by atoms with Gasteiger partial charge in [-0.25, -0.2) is 8.42 Å². The van der Waals surface area contributed by atoms with Gasteiger partial charge in [-0.2, -0.15) is 0 Å². The van der Waals surface area contributed by atoms with Crippen LogP contribution in [0.25, 0.3) is 0 Å². The first-order valence-electron chi connectivity index (χ1n) is 8.83. The van der Waals surface area contributed by atoms with Crippen molar-refractivity contribution in [1.29, 1.82) is 0 Å². The molecule has 1 amide bonds. The number of para-hydroxylation sites is 1. The summed E-state index contributed by atoms with van der Waals surface area (Å²) in [6, 6.07) is 19.1. The van der Waals surface area contributed by atoms with Crippen molar-refractivity contribution in [2.75, 3.05) is 10.0 Å². The number of hydrogen-bond acceptors (Lipinski definition) is 3. The highest BCUT2D eigenvalue weighted by Crippen LogP contribution is 2.22. The molecule has 0 radical (unpaired) electrons. The van der Waals surface area contributed by atoms with E-state index in [-0.39, 0.29) is 10.8 Å². The van der Waals surface area contributed by atoms with Crippen LogP contribution in [0.1, 0.15) is 27.0 Å². The standard InChI is InChI=1S/C22H22N2O3S/c1-15-7-6-9-18(13-15)23-22(25)20-14-19(12-11-16(20)2)28(26,27)24-21-10-5-4-8-17(21)3/h4-14,24H,1-3H3,(H,23,25). The normalized spacial score (nSPS) is 11.1. The molecule has 0 spiro atoms. The van der Waals surface area contributed by atoms with Crippen molar-refractivity contribution in [3.63, 3.8) is 0 Å². The van der Waals surface area contributed by atoms with Gasteiger partial charge in [0, 0.05) is 11.3 Å². The topological polar surface area (TPSA) is 75.3 Å². The molecule has 3 aromatic rings. The fraction of sp³-hybridized carbons (Fsp3) is 0.136. The smallest absolute Gasteiger partial charge is 0.261 e. The molecule has 28 heavy (non-hydrogen) atoms. The van der Waals surface area contributed by atoms with E-state index >= 15 is 0 Å². The molecule has 0 aliphatic heterocycles. The number of sulfonamides is 1.